The lowest BCUT2D eigenvalue weighted by molar-refractivity contribution is 0.625. The second-order valence-corrected chi connectivity index (χ2v) is 5.64. The van der Waals surface area contributed by atoms with E-state index in [2.05, 4.69) is 9.97 Å². The van der Waals surface area contributed by atoms with E-state index in [9.17, 15) is 4.39 Å². The van der Waals surface area contributed by atoms with Crippen molar-refractivity contribution in [1.29, 1.82) is 0 Å². The van der Waals surface area contributed by atoms with Crippen LogP contribution >= 0.6 is 11.6 Å². The number of halogens is 2. The first-order valence-corrected chi connectivity index (χ1v) is 7.27. The van der Waals surface area contributed by atoms with E-state index in [-0.39, 0.29) is 11.2 Å². The second kappa shape index (κ2) is 5.82. The largest absolute Gasteiger partial charge is 0.326 e. The molecule has 0 amide bonds. The van der Waals surface area contributed by atoms with Gasteiger partial charge in [0.1, 0.15) is 11.6 Å². The van der Waals surface area contributed by atoms with Crippen molar-refractivity contribution in [2.75, 3.05) is 0 Å². The van der Waals surface area contributed by atoms with E-state index in [1.807, 2.05) is 29.8 Å². The molecule has 3 aromatic rings. The third-order valence-electron chi connectivity index (χ3n) is 3.44. The molecule has 0 aliphatic heterocycles. The van der Waals surface area contributed by atoms with E-state index in [4.69, 9.17) is 11.6 Å². The van der Waals surface area contributed by atoms with Crippen LogP contribution in [0.15, 0.2) is 42.7 Å². The number of fused-ring (bicyclic) bond motifs is 1. The molecule has 3 rings (SSSR count). The van der Waals surface area contributed by atoms with Crippen LogP contribution in [-0.2, 0) is 13.0 Å². The first-order chi connectivity index (χ1) is 10.1. The Morgan fingerprint density at radius 2 is 2.19 bits per heavy atom. The average molecular weight is 304 g/mol. The molecule has 1 atom stereocenters. The van der Waals surface area contributed by atoms with Gasteiger partial charge in [-0.2, -0.15) is 0 Å². The Morgan fingerprint density at radius 1 is 1.33 bits per heavy atom. The normalized spacial score (nSPS) is 12.7. The van der Waals surface area contributed by atoms with Crippen molar-refractivity contribution in [3.05, 3.63) is 59.9 Å². The molecular formula is C16H15ClFN3. The minimum atomic E-state index is -0.265. The molecule has 5 heteroatoms. The average Bonchev–Trinajstić information content (AvgIpc) is 2.84. The molecule has 0 spiro atoms. The Bertz CT molecular complexity index is 753. The zero-order chi connectivity index (χ0) is 14.8. The van der Waals surface area contributed by atoms with Crippen molar-refractivity contribution in [2.24, 2.45) is 0 Å². The third kappa shape index (κ3) is 2.90. The summed E-state index contributed by atoms with van der Waals surface area (Å²) in [5.74, 6) is 0.500. The van der Waals surface area contributed by atoms with Gasteiger partial charge in [-0.25, -0.2) is 9.37 Å². The highest BCUT2D eigenvalue weighted by Gasteiger charge is 2.15. The predicted molar refractivity (Wildman–Crippen MR) is 81.9 cm³/mol. The van der Waals surface area contributed by atoms with Crippen LogP contribution < -0.4 is 0 Å². The number of alkyl halides is 1. The molecule has 2 aromatic heterocycles. The number of hydrogen-bond donors (Lipinski definition) is 0. The Labute approximate surface area is 127 Å². The fraction of sp³-hybridized carbons (Fsp3) is 0.250. The van der Waals surface area contributed by atoms with Gasteiger partial charge in [0, 0.05) is 18.9 Å². The Kier molecular flexibility index (Phi) is 3.88. The lowest BCUT2D eigenvalue weighted by Gasteiger charge is -2.10. The standard InChI is InChI=1S/C16H15ClFN3/c1-11(17)16-20-14-5-4-13(18)9-15(14)21(16)8-6-12-3-2-7-19-10-12/h2-5,7,9-11H,6,8H2,1H3. The summed E-state index contributed by atoms with van der Waals surface area (Å²) < 4.78 is 15.5. The summed E-state index contributed by atoms with van der Waals surface area (Å²) in [6.07, 6.45) is 4.38. The molecule has 3 nitrogen and oxygen atoms in total. The Hall–Kier alpha value is -1.94. The zero-order valence-corrected chi connectivity index (χ0v) is 12.4. The van der Waals surface area contributed by atoms with Crippen LogP contribution in [0.2, 0.25) is 0 Å². The Balaban J connectivity index is 1.98. The van der Waals surface area contributed by atoms with Crippen LogP contribution in [0.4, 0.5) is 4.39 Å². The van der Waals surface area contributed by atoms with E-state index < -0.39 is 0 Å². The molecular weight excluding hydrogens is 289 g/mol. The van der Waals surface area contributed by atoms with Crippen LogP contribution in [0.3, 0.4) is 0 Å². The van der Waals surface area contributed by atoms with Gasteiger partial charge in [-0.1, -0.05) is 6.07 Å². The van der Waals surface area contributed by atoms with Crippen LogP contribution in [0.1, 0.15) is 23.7 Å². The van der Waals surface area contributed by atoms with Gasteiger partial charge in [-0.3, -0.25) is 4.98 Å². The number of aromatic nitrogens is 3. The lowest BCUT2D eigenvalue weighted by atomic mass is 10.2. The summed E-state index contributed by atoms with van der Waals surface area (Å²) in [4.78, 5) is 8.62. The first kappa shape index (κ1) is 14.0. The molecule has 1 unspecified atom stereocenters. The highest BCUT2D eigenvalue weighted by molar-refractivity contribution is 6.20. The summed E-state index contributed by atoms with van der Waals surface area (Å²) in [5.41, 5.74) is 2.68. The molecule has 108 valence electrons. The van der Waals surface area contributed by atoms with Crippen molar-refractivity contribution in [1.82, 2.24) is 14.5 Å². The summed E-state index contributed by atoms with van der Waals surface area (Å²) in [7, 11) is 0. The van der Waals surface area contributed by atoms with Crippen LogP contribution in [0.5, 0.6) is 0 Å². The van der Waals surface area contributed by atoms with Gasteiger partial charge < -0.3 is 4.57 Å². The summed E-state index contributed by atoms with van der Waals surface area (Å²) in [6, 6.07) is 8.55. The summed E-state index contributed by atoms with van der Waals surface area (Å²) in [5, 5.41) is -0.227. The highest BCUT2D eigenvalue weighted by Crippen LogP contribution is 2.25. The zero-order valence-electron chi connectivity index (χ0n) is 11.6. The van der Waals surface area contributed by atoms with Crippen molar-refractivity contribution in [3.63, 3.8) is 0 Å². The molecule has 0 N–H and O–H groups in total. The minimum absolute atomic E-state index is 0.227. The Morgan fingerprint density at radius 3 is 2.90 bits per heavy atom. The maximum absolute atomic E-state index is 13.5. The van der Waals surface area contributed by atoms with Gasteiger partial charge in [-0.15, -0.1) is 11.6 Å². The lowest BCUT2D eigenvalue weighted by Crippen LogP contribution is -2.07. The molecule has 21 heavy (non-hydrogen) atoms. The molecule has 0 saturated carbocycles. The smallest absolute Gasteiger partial charge is 0.127 e. The van der Waals surface area contributed by atoms with E-state index in [1.54, 1.807) is 12.3 Å². The van der Waals surface area contributed by atoms with Gasteiger partial charge in [0.15, 0.2) is 0 Å². The summed E-state index contributed by atoms with van der Waals surface area (Å²) >= 11 is 6.21. The molecule has 0 radical (unpaired) electrons. The number of hydrogen-bond acceptors (Lipinski definition) is 2. The SMILES string of the molecule is CC(Cl)c1nc2ccc(F)cc2n1CCc1cccnc1. The van der Waals surface area contributed by atoms with Crippen LogP contribution in [0, 0.1) is 5.82 Å². The quantitative estimate of drug-likeness (QED) is 0.679. The number of nitrogens with zero attached hydrogens (tertiary/aromatic N) is 3. The van der Waals surface area contributed by atoms with Crippen molar-refractivity contribution < 1.29 is 4.39 Å². The van der Waals surface area contributed by atoms with Gasteiger partial charge in [0.05, 0.1) is 16.4 Å². The maximum Gasteiger partial charge on any atom is 0.127 e. The molecule has 2 heterocycles. The van der Waals surface area contributed by atoms with Gasteiger partial charge in [0.25, 0.3) is 0 Å². The van der Waals surface area contributed by atoms with Gasteiger partial charge in [-0.05, 0) is 43.2 Å². The van der Waals surface area contributed by atoms with Crippen molar-refractivity contribution in [2.45, 2.75) is 25.3 Å². The molecule has 0 fully saturated rings. The van der Waals surface area contributed by atoms with E-state index in [0.717, 1.165) is 28.8 Å². The highest BCUT2D eigenvalue weighted by atomic mass is 35.5. The van der Waals surface area contributed by atoms with Gasteiger partial charge >= 0.3 is 0 Å². The van der Waals surface area contributed by atoms with Crippen molar-refractivity contribution in [3.8, 4) is 0 Å². The molecule has 0 saturated heterocycles. The molecule has 0 aliphatic carbocycles. The van der Waals surface area contributed by atoms with E-state index in [0.29, 0.717) is 6.54 Å². The maximum atomic E-state index is 13.5. The van der Waals surface area contributed by atoms with Crippen LogP contribution in [-0.4, -0.2) is 14.5 Å². The fourth-order valence-corrected chi connectivity index (χ4v) is 2.61. The van der Waals surface area contributed by atoms with E-state index in [1.165, 1.54) is 12.1 Å². The van der Waals surface area contributed by atoms with Gasteiger partial charge in [0.2, 0.25) is 0 Å². The number of benzene rings is 1. The third-order valence-corrected chi connectivity index (χ3v) is 3.64. The molecule has 0 aliphatic rings. The fourth-order valence-electron chi connectivity index (χ4n) is 2.44. The number of aryl methyl sites for hydroxylation is 2. The molecule has 0 bridgehead atoms. The monoisotopic (exact) mass is 303 g/mol. The van der Waals surface area contributed by atoms with E-state index >= 15 is 0 Å². The summed E-state index contributed by atoms with van der Waals surface area (Å²) in [6.45, 7) is 2.57. The number of pyridine rings is 1. The number of imidazole rings is 1. The molecule has 1 aromatic carbocycles. The second-order valence-electron chi connectivity index (χ2n) is 4.98. The minimum Gasteiger partial charge on any atom is -0.326 e. The number of rotatable bonds is 4. The predicted octanol–water partition coefficient (Wildman–Crippen LogP) is 4.11. The van der Waals surface area contributed by atoms with Crippen molar-refractivity contribution >= 4 is 22.6 Å². The first-order valence-electron chi connectivity index (χ1n) is 6.84. The van der Waals surface area contributed by atoms with Crippen LogP contribution in [0.25, 0.3) is 11.0 Å². The topological polar surface area (TPSA) is 30.7 Å².